The standard InChI is InChI=1S/C10H10ClNO2/c11-9-4-2-1-3-8(9)10(13)12-7-5-14-6-7/h1-4,7H,5-6H2,(H,12,13). The second kappa shape index (κ2) is 3.98. The fourth-order valence-corrected chi connectivity index (χ4v) is 1.45. The summed E-state index contributed by atoms with van der Waals surface area (Å²) in [6.07, 6.45) is 0. The van der Waals surface area contributed by atoms with Gasteiger partial charge < -0.3 is 10.1 Å². The van der Waals surface area contributed by atoms with Gasteiger partial charge in [-0.15, -0.1) is 0 Å². The number of hydrogen-bond donors (Lipinski definition) is 1. The molecule has 1 aromatic rings. The molecule has 0 spiro atoms. The lowest BCUT2D eigenvalue weighted by Gasteiger charge is -2.26. The topological polar surface area (TPSA) is 38.3 Å². The van der Waals surface area contributed by atoms with E-state index in [4.69, 9.17) is 16.3 Å². The first kappa shape index (κ1) is 9.49. The Morgan fingerprint density at radius 1 is 1.43 bits per heavy atom. The third kappa shape index (κ3) is 1.89. The van der Waals surface area contributed by atoms with Crippen LogP contribution < -0.4 is 5.32 Å². The van der Waals surface area contributed by atoms with Crippen LogP contribution in [0.15, 0.2) is 24.3 Å². The highest BCUT2D eigenvalue weighted by Gasteiger charge is 2.21. The molecule has 74 valence electrons. The van der Waals surface area contributed by atoms with Crippen LogP contribution in [0.3, 0.4) is 0 Å². The summed E-state index contributed by atoms with van der Waals surface area (Å²) in [7, 11) is 0. The van der Waals surface area contributed by atoms with E-state index in [0.29, 0.717) is 23.8 Å². The minimum Gasteiger partial charge on any atom is -0.377 e. The summed E-state index contributed by atoms with van der Waals surface area (Å²) in [5.41, 5.74) is 0.515. The van der Waals surface area contributed by atoms with E-state index in [9.17, 15) is 4.79 Å². The SMILES string of the molecule is O=C(NC1COC1)c1ccccc1Cl. The number of ether oxygens (including phenoxy) is 1. The molecule has 0 saturated carbocycles. The third-order valence-corrected chi connectivity index (χ3v) is 2.42. The molecule has 14 heavy (non-hydrogen) atoms. The van der Waals surface area contributed by atoms with E-state index in [-0.39, 0.29) is 11.9 Å². The molecule has 2 rings (SSSR count). The van der Waals surface area contributed by atoms with Crippen molar-refractivity contribution in [2.24, 2.45) is 0 Å². The molecule has 0 unspecified atom stereocenters. The van der Waals surface area contributed by atoms with Gasteiger partial charge in [-0.3, -0.25) is 4.79 Å². The highest BCUT2D eigenvalue weighted by molar-refractivity contribution is 6.33. The first-order chi connectivity index (χ1) is 6.77. The molecule has 0 aliphatic carbocycles. The highest BCUT2D eigenvalue weighted by atomic mass is 35.5. The molecule has 0 radical (unpaired) electrons. The van der Waals surface area contributed by atoms with Gasteiger partial charge in [-0.05, 0) is 12.1 Å². The maximum Gasteiger partial charge on any atom is 0.253 e. The van der Waals surface area contributed by atoms with Crippen LogP contribution >= 0.6 is 11.6 Å². The van der Waals surface area contributed by atoms with E-state index in [1.165, 1.54) is 0 Å². The molecule has 1 aliphatic rings. The van der Waals surface area contributed by atoms with Gasteiger partial charge >= 0.3 is 0 Å². The molecule has 1 N–H and O–H groups in total. The molecule has 1 heterocycles. The van der Waals surface area contributed by atoms with E-state index in [0.717, 1.165) is 0 Å². The molecule has 1 aromatic carbocycles. The molecule has 1 saturated heterocycles. The Kier molecular flexibility index (Phi) is 2.70. The van der Waals surface area contributed by atoms with Crippen molar-refractivity contribution in [2.45, 2.75) is 6.04 Å². The fraction of sp³-hybridized carbons (Fsp3) is 0.300. The number of carbonyl (C=O) groups is 1. The van der Waals surface area contributed by atoms with Gasteiger partial charge in [0.25, 0.3) is 5.91 Å². The Bertz CT molecular complexity index is 350. The Labute approximate surface area is 87.0 Å². The number of hydrogen-bond acceptors (Lipinski definition) is 2. The van der Waals surface area contributed by atoms with Gasteiger partial charge in [0.1, 0.15) is 0 Å². The normalized spacial score (nSPS) is 16.1. The molecule has 0 atom stereocenters. The van der Waals surface area contributed by atoms with Crippen molar-refractivity contribution in [1.82, 2.24) is 5.32 Å². The lowest BCUT2D eigenvalue weighted by Crippen LogP contribution is -2.48. The predicted molar refractivity (Wildman–Crippen MR) is 53.5 cm³/mol. The Balaban J connectivity index is 2.06. The summed E-state index contributed by atoms with van der Waals surface area (Å²) in [6.45, 7) is 1.19. The van der Waals surface area contributed by atoms with Crippen LogP contribution in [-0.2, 0) is 4.74 Å². The van der Waals surface area contributed by atoms with Crippen LogP contribution in [0.2, 0.25) is 5.02 Å². The number of amides is 1. The minimum atomic E-state index is -0.135. The van der Waals surface area contributed by atoms with Gasteiger partial charge in [0.15, 0.2) is 0 Å². The van der Waals surface area contributed by atoms with Gasteiger partial charge in [0.2, 0.25) is 0 Å². The van der Waals surface area contributed by atoms with Gasteiger partial charge in [-0.25, -0.2) is 0 Å². The number of carbonyl (C=O) groups excluding carboxylic acids is 1. The second-order valence-electron chi connectivity index (χ2n) is 3.19. The Hall–Kier alpha value is -1.06. The average Bonchev–Trinajstić information content (AvgIpc) is 2.12. The van der Waals surface area contributed by atoms with E-state index >= 15 is 0 Å². The van der Waals surface area contributed by atoms with Crippen molar-refractivity contribution in [3.8, 4) is 0 Å². The summed E-state index contributed by atoms with van der Waals surface area (Å²) in [5, 5.41) is 3.30. The van der Waals surface area contributed by atoms with Crippen molar-refractivity contribution >= 4 is 17.5 Å². The van der Waals surface area contributed by atoms with Gasteiger partial charge in [-0.1, -0.05) is 23.7 Å². The molecule has 1 fully saturated rings. The largest absolute Gasteiger partial charge is 0.377 e. The second-order valence-corrected chi connectivity index (χ2v) is 3.59. The Morgan fingerprint density at radius 3 is 2.71 bits per heavy atom. The minimum absolute atomic E-state index is 0.135. The van der Waals surface area contributed by atoms with Crippen LogP contribution in [0.1, 0.15) is 10.4 Å². The van der Waals surface area contributed by atoms with Crippen LogP contribution in [0, 0.1) is 0 Å². The fourth-order valence-electron chi connectivity index (χ4n) is 1.23. The van der Waals surface area contributed by atoms with Crippen LogP contribution in [0.25, 0.3) is 0 Å². The molecule has 4 heteroatoms. The van der Waals surface area contributed by atoms with E-state index in [2.05, 4.69) is 5.32 Å². The van der Waals surface area contributed by atoms with Crippen molar-refractivity contribution in [2.75, 3.05) is 13.2 Å². The average molecular weight is 212 g/mol. The van der Waals surface area contributed by atoms with Crippen LogP contribution in [-0.4, -0.2) is 25.2 Å². The Morgan fingerprint density at radius 2 is 2.14 bits per heavy atom. The van der Waals surface area contributed by atoms with E-state index < -0.39 is 0 Å². The van der Waals surface area contributed by atoms with Gasteiger partial charge in [0.05, 0.1) is 29.8 Å². The van der Waals surface area contributed by atoms with Crippen molar-refractivity contribution in [3.63, 3.8) is 0 Å². The number of nitrogens with one attached hydrogen (secondary N) is 1. The lowest BCUT2D eigenvalue weighted by atomic mass is 10.2. The van der Waals surface area contributed by atoms with Crippen LogP contribution in [0.4, 0.5) is 0 Å². The maximum absolute atomic E-state index is 11.6. The molecule has 1 aliphatic heterocycles. The van der Waals surface area contributed by atoms with Gasteiger partial charge in [-0.2, -0.15) is 0 Å². The maximum atomic E-state index is 11.6. The van der Waals surface area contributed by atoms with Crippen LogP contribution in [0.5, 0.6) is 0 Å². The molecule has 0 aromatic heterocycles. The molecular formula is C10H10ClNO2. The highest BCUT2D eigenvalue weighted by Crippen LogP contribution is 2.15. The number of halogens is 1. The van der Waals surface area contributed by atoms with E-state index in [1.54, 1.807) is 24.3 Å². The smallest absolute Gasteiger partial charge is 0.253 e. The van der Waals surface area contributed by atoms with Crippen molar-refractivity contribution in [1.29, 1.82) is 0 Å². The van der Waals surface area contributed by atoms with Gasteiger partial charge in [0, 0.05) is 0 Å². The zero-order valence-corrected chi connectivity index (χ0v) is 8.25. The molecule has 1 amide bonds. The third-order valence-electron chi connectivity index (χ3n) is 2.09. The van der Waals surface area contributed by atoms with Crippen molar-refractivity contribution < 1.29 is 9.53 Å². The first-order valence-electron chi connectivity index (χ1n) is 4.40. The molecule has 0 bridgehead atoms. The summed E-state index contributed by atoms with van der Waals surface area (Å²) >= 11 is 5.87. The summed E-state index contributed by atoms with van der Waals surface area (Å²) in [5.74, 6) is -0.135. The van der Waals surface area contributed by atoms with E-state index in [1.807, 2.05) is 0 Å². The molecule has 3 nitrogen and oxygen atoms in total. The predicted octanol–water partition coefficient (Wildman–Crippen LogP) is 1.47. The number of rotatable bonds is 2. The molecular weight excluding hydrogens is 202 g/mol. The quantitative estimate of drug-likeness (QED) is 0.805. The zero-order valence-electron chi connectivity index (χ0n) is 7.50. The van der Waals surface area contributed by atoms with Crippen molar-refractivity contribution in [3.05, 3.63) is 34.9 Å². The first-order valence-corrected chi connectivity index (χ1v) is 4.78. The lowest BCUT2D eigenvalue weighted by molar-refractivity contribution is -0.00346. The zero-order chi connectivity index (χ0) is 9.97. The number of benzene rings is 1. The summed E-state index contributed by atoms with van der Waals surface area (Å²) in [6, 6.07) is 7.13. The monoisotopic (exact) mass is 211 g/mol. The summed E-state index contributed by atoms with van der Waals surface area (Å²) < 4.78 is 4.95. The summed E-state index contributed by atoms with van der Waals surface area (Å²) in [4.78, 5) is 11.6.